The molecular formula is C6H9Na3O5S. The van der Waals surface area contributed by atoms with Crippen LogP contribution in [0.4, 0.5) is 0 Å². The van der Waals surface area contributed by atoms with Crippen LogP contribution in [0.1, 0.15) is 0 Å². The van der Waals surface area contributed by atoms with Crippen molar-refractivity contribution in [3.8, 4) is 11.5 Å². The van der Waals surface area contributed by atoms with Crippen molar-refractivity contribution in [2.45, 2.75) is 4.90 Å². The van der Waals surface area contributed by atoms with Gasteiger partial charge in [-0.1, -0.05) is 6.07 Å². The standard InChI is InChI=1S/C6H6O5S.3Na.3H/c7-4-2-1-3-5(6(4)8)12(9,10)11;;;;;;/h1-3,7-8H,(H,9,10,11);;;;;;. The van der Waals surface area contributed by atoms with Crippen LogP contribution in [0.15, 0.2) is 23.1 Å². The molecule has 0 aliphatic heterocycles. The van der Waals surface area contributed by atoms with E-state index in [1.807, 2.05) is 0 Å². The molecule has 0 heterocycles. The van der Waals surface area contributed by atoms with Gasteiger partial charge in [-0.25, -0.2) is 0 Å². The summed E-state index contributed by atoms with van der Waals surface area (Å²) in [5, 5.41) is 17.8. The molecule has 0 amide bonds. The second kappa shape index (κ2) is 8.77. The van der Waals surface area contributed by atoms with Crippen LogP contribution in [-0.4, -0.2) is 112 Å². The van der Waals surface area contributed by atoms with Gasteiger partial charge in [0.1, 0.15) is 4.90 Å². The van der Waals surface area contributed by atoms with E-state index in [0.29, 0.717) is 0 Å². The Labute approximate surface area is 154 Å². The maximum absolute atomic E-state index is 10.5. The summed E-state index contributed by atoms with van der Waals surface area (Å²) in [5.74, 6) is -1.44. The molecule has 0 saturated heterocycles. The predicted octanol–water partition coefficient (Wildman–Crippen LogP) is -1.60. The number of aromatic hydroxyl groups is 2. The molecule has 9 heteroatoms. The van der Waals surface area contributed by atoms with Gasteiger partial charge in [0.15, 0.2) is 11.5 Å². The van der Waals surface area contributed by atoms with Crippen LogP contribution in [0, 0.1) is 0 Å². The first kappa shape index (κ1) is 22.0. The number of para-hydroxylation sites is 1. The molecule has 0 radical (unpaired) electrons. The Balaban J connectivity index is -0.000000480. The SMILES string of the molecule is O=S(=O)(O)c1cccc(O)c1O.[NaH].[NaH].[NaH]. The Morgan fingerprint density at radius 2 is 1.47 bits per heavy atom. The van der Waals surface area contributed by atoms with Gasteiger partial charge < -0.3 is 10.2 Å². The third kappa shape index (κ3) is 6.28. The van der Waals surface area contributed by atoms with Crippen LogP contribution < -0.4 is 0 Å². The van der Waals surface area contributed by atoms with E-state index in [1.54, 1.807) is 0 Å². The van der Waals surface area contributed by atoms with Gasteiger partial charge in [0, 0.05) is 0 Å². The van der Waals surface area contributed by atoms with E-state index in [9.17, 15) is 8.42 Å². The monoisotopic (exact) mass is 262 g/mol. The Morgan fingerprint density at radius 3 is 1.80 bits per heavy atom. The summed E-state index contributed by atoms with van der Waals surface area (Å²) in [6.07, 6.45) is 0. The molecule has 0 atom stereocenters. The molecular weight excluding hydrogens is 253 g/mol. The van der Waals surface area contributed by atoms with Crippen LogP contribution in [0.2, 0.25) is 0 Å². The van der Waals surface area contributed by atoms with Gasteiger partial charge in [-0.15, -0.1) is 0 Å². The number of benzene rings is 1. The molecule has 0 saturated carbocycles. The van der Waals surface area contributed by atoms with Gasteiger partial charge in [0.25, 0.3) is 10.1 Å². The zero-order chi connectivity index (χ0) is 9.35. The third-order valence-electron chi connectivity index (χ3n) is 1.26. The van der Waals surface area contributed by atoms with Gasteiger partial charge in [-0.2, -0.15) is 8.42 Å². The van der Waals surface area contributed by atoms with Crippen molar-refractivity contribution in [3.05, 3.63) is 18.2 Å². The molecule has 0 bridgehead atoms. The molecule has 0 spiro atoms. The summed E-state index contributed by atoms with van der Waals surface area (Å²) in [6, 6.07) is 3.27. The fourth-order valence-corrected chi connectivity index (χ4v) is 1.32. The predicted molar refractivity (Wildman–Crippen MR) is 61.0 cm³/mol. The van der Waals surface area contributed by atoms with Crippen LogP contribution in [0.25, 0.3) is 0 Å². The zero-order valence-corrected chi connectivity index (χ0v) is 6.61. The molecule has 1 rings (SSSR count). The molecule has 3 N–H and O–H groups in total. The van der Waals surface area contributed by atoms with E-state index in [1.165, 1.54) is 6.07 Å². The molecule has 0 fully saturated rings. The number of rotatable bonds is 1. The first-order valence-electron chi connectivity index (χ1n) is 2.91. The van der Waals surface area contributed by atoms with Gasteiger partial charge in [-0.3, -0.25) is 4.55 Å². The van der Waals surface area contributed by atoms with Gasteiger partial charge in [0.2, 0.25) is 0 Å². The summed E-state index contributed by atoms with van der Waals surface area (Å²) >= 11 is 0. The van der Waals surface area contributed by atoms with E-state index < -0.39 is 26.5 Å². The van der Waals surface area contributed by atoms with Gasteiger partial charge in [0.05, 0.1) is 0 Å². The first-order valence-corrected chi connectivity index (χ1v) is 4.35. The second-order valence-electron chi connectivity index (χ2n) is 2.10. The zero-order valence-electron chi connectivity index (χ0n) is 5.80. The molecule has 0 aliphatic rings. The molecule has 1 aromatic carbocycles. The van der Waals surface area contributed by atoms with Gasteiger partial charge >= 0.3 is 88.7 Å². The van der Waals surface area contributed by atoms with Crippen LogP contribution in [0.3, 0.4) is 0 Å². The summed E-state index contributed by atoms with van der Waals surface area (Å²) in [5.41, 5.74) is 0. The molecule has 15 heavy (non-hydrogen) atoms. The van der Waals surface area contributed by atoms with Crippen molar-refractivity contribution >= 4 is 98.8 Å². The van der Waals surface area contributed by atoms with Crippen molar-refractivity contribution in [2.24, 2.45) is 0 Å². The van der Waals surface area contributed by atoms with E-state index in [4.69, 9.17) is 14.8 Å². The topological polar surface area (TPSA) is 94.8 Å². The summed E-state index contributed by atoms with van der Waals surface area (Å²) in [4.78, 5) is -0.706. The average Bonchev–Trinajstić information content (AvgIpc) is 1.92. The summed E-state index contributed by atoms with van der Waals surface area (Å²) in [7, 11) is -4.47. The number of hydrogen-bond acceptors (Lipinski definition) is 4. The number of phenols is 2. The Hall–Kier alpha value is 1.73. The first-order chi connectivity index (χ1) is 5.43. The van der Waals surface area contributed by atoms with Crippen LogP contribution in [0.5, 0.6) is 11.5 Å². The normalized spacial score (nSPS) is 9.13. The molecule has 5 nitrogen and oxygen atoms in total. The van der Waals surface area contributed by atoms with E-state index in [0.717, 1.165) is 12.1 Å². The summed E-state index contributed by atoms with van der Waals surface area (Å²) < 4.78 is 29.5. The fourth-order valence-electron chi connectivity index (χ4n) is 0.719. The van der Waals surface area contributed by atoms with Crippen molar-refractivity contribution in [1.82, 2.24) is 0 Å². The third-order valence-corrected chi connectivity index (χ3v) is 2.14. The summed E-state index contributed by atoms with van der Waals surface area (Å²) in [6.45, 7) is 0. The fraction of sp³-hybridized carbons (Fsp3) is 0. The molecule has 72 valence electrons. The minimum absolute atomic E-state index is 0. The molecule has 0 aliphatic carbocycles. The van der Waals surface area contributed by atoms with Crippen molar-refractivity contribution < 1.29 is 23.2 Å². The van der Waals surface area contributed by atoms with Crippen molar-refractivity contribution in [2.75, 3.05) is 0 Å². The quantitative estimate of drug-likeness (QED) is 0.322. The van der Waals surface area contributed by atoms with E-state index >= 15 is 0 Å². The Morgan fingerprint density at radius 1 is 1.00 bits per heavy atom. The second-order valence-corrected chi connectivity index (χ2v) is 3.49. The molecule has 0 aromatic heterocycles. The minimum atomic E-state index is -4.47. The van der Waals surface area contributed by atoms with Crippen molar-refractivity contribution in [3.63, 3.8) is 0 Å². The molecule has 1 aromatic rings. The van der Waals surface area contributed by atoms with Gasteiger partial charge in [-0.05, 0) is 12.1 Å². The van der Waals surface area contributed by atoms with Crippen LogP contribution in [-0.2, 0) is 10.1 Å². The van der Waals surface area contributed by atoms with E-state index in [-0.39, 0.29) is 88.7 Å². The van der Waals surface area contributed by atoms with Crippen molar-refractivity contribution in [1.29, 1.82) is 0 Å². The maximum atomic E-state index is 10.5. The molecule has 0 unspecified atom stereocenters. The number of hydrogen-bond donors (Lipinski definition) is 3. The number of phenolic OH excluding ortho intramolecular Hbond substituents is 2. The Kier molecular flexibility index (Phi) is 12.8. The average molecular weight is 262 g/mol. The van der Waals surface area contributed by atoms with Crippen LogP contribution >= 0.6 is 0 Å². The van der Waals surface area contributed by atoms with E-state index in [2.05, 4.69) is 0 Å². The Bertz CT molecular complexity index is 405.